The molecule has 0 unspecified atom stereocenters. The van der Waals surface area contributed by atoms with Crippen molar-refractivity contribution in [1.82, 2.24) is 0 Å². The highest BCUT2D eigenvalue weighted by molar-refractivity contribution is 6.21. The maximum Gasteiger partial charge on any atom is -0.00137 e. The molecule has 0 spiro atoms. The Bertz CT molecular complexity index is 2510. The Balaban J connectivity index is 1.45. The van der Waals surface area contributed by atoms with E-state index >= 15 is 0 Å². The van der Waals surface area contributed by atoms with Crippen LogP contribution in [0.5, 0.6) is 0 Å². The van der Waals surface area contributed by atoms with Crippen LogP contribution in [0, 0.1) is 6.07 Å². The summed E-state index contributed by atoms with van der Waals surface area (Å²) in [6.45, 7) is 0. The average molecular weight is 530 g/mol. The fourth-order valence-corrected chi connectivity index (χ4v) is 7.03. The molecule has 0 heterocycles. The quantitative estimate of drug-likeness (QED) is 0.195. The second-order valence-corrected chi connectivity index (χ2v) is 11.2. The molecule has 9 rings (SSSR count). The third kappa shape index (κ3) is 3.36. The van der Waals surface area contributed by atoms with E-state index in [0.717, 1.165) is 5.56 Å². The van der Waals surface area contributed by atoms with Crippen LogP contribution >= 0.6 is 0 Å². The smallest absolute Gasteiger partial charge is 0.00137 e. The summed E-state index contributed by atoms with van der Waals surface area (Å²) >= 11 is 0. The molecule has 1 radical (unpaired) electrons. The Kier molecular flexibility index (Phi) is 5.00. The topological polar surface area (TPSA) is 0 Å². The molecule has 0 saturated carbocycles. The van der Waals surface area contributed by atoms with Crippen LogP contribution in [0.1, 0.15) is 0 Å². The first-order valence-electron chi connectivity index (χ1n) is 14.5. The summed E-state index contributed by atoms with van der Waals surface area (Å²) in [5, 5.41) is 15.1. The van der Waals surface area contributed by atoms with E-state index in [1.54, 1.807) is 0 Å². The fraction of sp³-hybridized carbons (Fsp3) is 0. The van der Waals surface area contributed by atoms with Gasteiger partial charge in [0.1, 0.15) is 0 Å². The largest absolute Gasteiger partial charge is 0.0616 e. The summed E-state index contributed by atoms with van der Waals surface area (Å²) in [7, 11) is 0. The molecule has 0 aliphatic carbocycles. The van der Waals surface area contributed by atoms with Gasteiger partial charge in [-0.2, -0.15) is 0 Å². The molecule has 0 aliphatic heterocycles. The van der Waals surface area contributed by atoms with Gasteiger partial charge in [-0.25, -0.2) is 0 Å². The lowest BCUT2D eigenvalue weighted by molar-refractivity contribution is 1.66. The van der Waals surface area contributed by atoms with Crippen molar-refractivity contribution < 1.29 is 0 Å². The summed E-state index contributed by atoms with van der Waals surface area (Å²) in [4.78, 5) is 0. The van der Waals surface area contributed by atoms with E-state index in [-0.39, 0.29) is 0 Å². The Morgan fingerprint density at radius 3 is 1.33 bits per heavy atom. The molecule has 193 valence electrons. The molecule has 0 N–H and O–H groups in total. The Labute approximate surface area is 244 Å². The van der Waals surface area contributed by atoms with Crippen LogP contribution in [-0.4, -0.2) is 0 Å². The van der Waals surface area contributed by atoms with Gasteiger partial charge in [-0.3, -0.25) is 0 Å². The first-order valence-corrected chi connectivity index (χ1v) is 14.5. The van der Waals surface area contributed by atoms with Gasteiger partial charge in [-0.05, 0) is 99.0 Å². The maximum atomic E-state index is 3.83. The van der Waals surface area contributed by atoms with Crippen molar-refractivity contribution in [3.05, 3.63) is 158 Å². The van der Waals surface area contributed by atoms with Gasteiger partial charge in [0, 0.05) is 0 Å². The van der Waals surface area contributed by atoms with Crippen LogP contribution in [0.4, 0.5) is 0 Å². The monoisotopic (exact) mass is 529 g/mol. The van der Waals surface area contributed by atoms with Crippen LogP contribution in [-0.2, 0) is 0 Å². The van der Waals surface area contributed by atoms with Gasteiger partial charge in [-0.15, -0.1) is 0 Å². The van der Waals surface area contributed by atoms with Crippen molar-refractivity contribution in [3.8, 4) is 22.3 Å². The molecule has 9 aromatic rings. The lowest BCUT2D eigenvalue weighted by Crippen LogP contribution is -1.92. The fourth-order valence-electron chi connectivity index (χ4n) is 7.03. The minimum atomic E-state index is 1.14. The normalized spacial score (nSPS) is 11.8. The lowest BCUT2D eigenvalue weighted by atomic mass is 9.84. The number of benzene rings is 9. The summed E-state index contributed by atoms with van der Waals surface area (Å²) in [5.74, 6) is 0. The summed E-state index contributed by atoms with van der Waals surface area (Å²) in [6.07, 6.45) is 0. The van der Waals surface area contributed by atoms with E-state index in [9.17, 15) is 0 Å². The molecule has 42 heavy (non-hydrogen) atoms. The van der Waals surface area contributed by atoms with Gasteiger partial charge in [-0.1, -0.05) is 146 Å². The second kappa shape index (κ2) is 9.03. The number of hydrogen-bond donors (Lipinski definition) is 0. The van der Waals surface area contributed by atoms with Gasteiger partial charge in [0.05, 0.1) is 0 Å². The SMILES string of the molecule is [c]1cc2c(ccc3ccccc32)c(-c2cccc3c2ccc2ccccc23)c1-c1cccc2c1ccc1ccccc12. The Hall–Kier alpha value is -5.46. The van der Waals surface area contributed by atoms with Crippen LogP contribution in [0.3, 0.4) is 0 Å². The molecule has 0 bridgehead atoms. The zero-order valence-corrected chi connectivity index (χ0v) is 22.9. The first kappa shape index (κ1) is 23.3. The van der Waals surface area contributed by atoms with Crippen molar-refractivity contribution in [1.29, 1.82) is 0 Å². The van der Waals surface area contributed by atoms with Crippen LogP contribution in [0.2, 0.25) is 0 Å². The number of fused-ring (bicyclic) bond motifs is 9. The van der Waals surface area contributed by atoms with Crippen molar-refractivity contribution in [3.63, 3.8) is 0 Å². The van der Waals surface area contributed by atoms with Crippen molar-refractivity contribution >= 4 is 64.6 Å². The van der Waals surface area contributed by atoms with Gasteiger partial charge in [0.25, 0.3) is 0 Å². The Morgan fingerprint density at radius 2 is 0.738 bits per heavy atom. The van der Waals surface area contributed by atoms with Crippen LogP contribution in [0.15, 0.2) is 152 Å². The van der Waals surface area contributed by atoms with E-state index in [0.29, 0.717) is 0 Å². The molecule has 0 saturated heterocycles. The van der Waals surface area contributed by atoms with E-state index in [1.807, 2.05) is 0 Å². The highest BCUT2D eigenvalue weighted by Gasteiger charge is 2.18. The molecule has 0 aliphatic rings. The third-order valence-electron chi connectivity index (χ3n) is 8.96. The van der Waals surface area contributed by atoms with E-state index < -0.39 is 0 Å². The predicted octanol–water partition coefficient (Wildman–Crippen LogP) is 11.7. The van der Waals surface area contributed by atoms with Crippen LogP contribution < -0.4 is 0 Å². The zero-order valence-electron chi connectivity index (χ0n) is 22.9. The predicted molar refractivity (Wildman–Crippen MR) is 181 cm³/mol. The van der Waals surface area contributed by atoms with E-state index in [4.69, 9.17) is 0 Å². The van der Waals surface area contributed by atoms with Gasteiger partial charge < -0.3 is 0 Å². The maximum absolute atomic E-state index is 3.83. The van der Waals surface area contributed by atoms with Crippen molar-refractivity contribution in [2.45, 2.75) is 0 Å². The average Bonchev–Trinajstić information content (AvgIpc) is 3.07. The minimum absolute atomic E-state index is 1.14. The van der Waals surface area contributed by atoms with E-state index in [2.05, 4.69) is 158 Å². The molecular weight excluding hydrogens is 504 g/mol. The minimum Gasteiger partial charge on any atom is -0.0616 e. The lowest BCUT2D eigenvalue weighted by Gasteiger charge is -2.19. The van der Waals surface area contributed by atoms with Gasteiger partial charge in [0.2, 0.25) is 0 Å². The van der Waals surface area contributed by atoms with Crippen LogP contribution in [0.25, 0.3) is 86.9 Å². The molecule has 0 fully saturated rings. The molecule has 0 amide bonds. The van der Waals surface area contributed by atoms with Crippen molar-refractivity contribution in [2.24, 2.45) is 0 Å². The molecule has 0 atom stereocenters. The van der Waals surface area contributed by atoms with Gasteiger partial charge in [0.15, 0.2) is 0 Å². The summed E-state index contributed by atoms with van der Waals surface area (Å²) in [5.41, 5.74) is 4.82. The first-order chi connectivity index (χ1) is 20.8. The number of rotatable bonds is 2. The van der Waals surface area contributed by atoms with Crippen molar-refractivity contribution in [2.75, 3.05) is 0 Å². The summed E-state index contributed by atoms with van der Waals surface area (Å²) in [6, 6.07) is 59.2. The zero-order chi connectivity index (χ0) is 27.6. The number of hydrogen-bond acceptors (Lipinski definition) is 0. The molecule has 9 aromatic carbocycles. The molecule has 0 heteroatoms. The van der Waals surface area contributed by atoms with Gasteiger partial charge >= 0.3 is 0 Å². The van der Waals surface area contributed by atoms with E-state index in [1.165, 1.54) is 81.3 Å². The highest BCUT2D eigenvalue weighted by Crippen LogP contribution is 2.45. The summed E-state index contributed by atoms with van der Waals surface area (Å²) < 4.78 is 0. The second-order valence-electron chi connectivity index (χ2n) is 11.2. The Morgan fingerprint density at radius 1 is 0.286 bits per heavy atom. The molecule has 0 aromatic heterocycles. The highest BCUT2D eigenvalue weighted by atomic mass is 14.2. The molecular formula is C42H25. The standard InChI is InChI=1S/C42H25/c1-4-12-30-27(9-1)19-22-37-33(30)15-7-17-35(37)41-26-25-36-32-14-6-3-11-29(32)21-24-40(36)42(41)39-18-8-16-34-31-13-5-2-10-28(31)20-23-38(34)39/h1-25H. The molecule has 0 nitrogen and oxygen atoms in total. The third-order valence-corrected chi connectivity index (χ3v) is 8.96.